The average Bonchev–Trinajstić information content (AvgIpc) is 2.95. The van der Waals surface area contributed by atoms with Crippen LogP contribution in [-0.4, -0.2) is 65.2 Å². The zero-order valence-electron chi connectivity index (χ0n) is 16.0. The Morgan fingerprint density at radius 1 is 1.04 bits per heavy atom. The Morgan fingerprint density at radius 3 is 2.50 bits per heavy atom. The molecule has 0 atom stereocenters. The fraction of sp³-hybridized carbons (Fsp3) is 0.333. The number of imide groups is 1. The van der Waals surface area contributed by atoms with Crippen molar-refractivity contribution in [2.75, 3.05) is 37.6 Å². The molecule has 2 aliphatic rings. The Labute approximate surface area is 163 Å². The zero-order valence-corrected chi connectivity index (χ0v) is 16.0. The summed E-state index contributed by atoms with van der Waals surface area (Å²) in [5.41, 5.74) is 4.00. The number of fused-ring (bicyclic) bond motifs is 1. The highest BCUT2D eigenvalue weighted by Gasteiger charge is 2.38. The molecule has 2 aromatic rings. The summed E-state index contributed by atoms with van der Waals surface area (Å²) in [7, 11) is 0. The van der Waals surface area contributed by atoms with E-state index in [4.69, 9.17) is 0 Å². The lowest BCUT2D eigenvalue weighted by Crippen LogP contribution is -2.52. The van der Waals surface area contributed by atoms with Crippen LogP contribution >= 0.6 is 0 Å². The van der Waals surface area contributed by atoms with Gasteiger partial charge in [-0.15, -0.1) is 0 Å². The Bertz CT molecular complexity index is 929. The molecule has 28 heavy (non-hydrogen) atoms. The van der Waals surface area contributed by atoms with E-state index in [2.05, 4.69) is 41.9 Å². The summed E-state index contributed by atoms with van der Waals surface area (Å²) in [6, 6.07) is 9.55. The predicted molar refractivity (Wildman–Crippen MR) is 104 cm³/mol. The Balaban J connectivity index is 1.39. The number of rotatable bonds is 3. The third kappa shape index (κ3) is 3.13. The van der Waals surface area contributed by atoms with Crippen molar-refractivity contribution < 1.29 is 14.4 Å². The smallest absolute Gasteiger partial charge is 0.280 e. The highest BCUT2D eigenvalue weighted by molar-refractivity contribution is 6.21. The monoisotopic (exact) mass is 378 g/mol. The Hall–Kier alpha value is -3.22. The van der Waals surface area contributed by atoms with Crippen LogP contribution in [0.3, 0.4) is 0 Å². The largest absolute Gasteiger partial charge is 0.368 e. The van der Waals surface area contributed by atoms with Crippen LogP contribution in [0.1, 0.15) is 32.0 Å². The lowest BCUT2D eigenvalue weighted by molar-refractivity contribution is -0.131. The molecule has 0 unspecified atom stereocenters. The maximum Gasteiger partial charge on any atom is 0.280 e. The van der Waals surface area contributed by atoms with Crippen molar-refractivity contribution in [3.05, 3.63) is 58.9 Å². The number of piperazine rings is 1. The third-order valence-corrected chi connectivity index (χ3v) is 5.36. The molecule has 0 aliphatic carbocycles. The molecular weight excluding hydrogens is 356 g/mol. The second-order valence-corrected chi connectivity index (χ2v) is 7.25. The first-order valence-electron chi connectivity index (χ1n) is 9.37. The van der Waals surface area contributed by atoms with Crippen LogP contribution in [0.5, 0.6) is 0 Å². The van der Waals surface area contributed by atoms with E-state index in [0.29, 0.717) is 13.1 Å². The van der Waals surface area contributed by atoms with E-state index >= 15 is 0 Å². The van der Waals surface area contributed by atoms with Gasteiger partial charge in [0.25, 0.3) is 11.8 Å². The third-order valence-electron chi connectivity index (χ3n) is 5.36. The number of hydrogen-bond donors (Lipinski definition) is 0. The first-order valence-corrected chi connectivity index (χ1v) is 9.37. The van der Waals surface area contributed by atoms with Gasteiger partial charge >= 0.3 is 0 Å². The molecule has 4 rings (SSSR count). The fourth-order valence-electron chi connectivity index (χ4n) is 3.75. The number of pyridine rings is 1. The molecule has 1 aromatic carbocycles. The Kier molecular flexibility index (Phi) is 4.58. The standard InChI is InChI=1S/C21H22N4O3/c1-14-5-6-15(2)17(12-14)23-8-10-24(11-9-23)18(26)13-25-20(27)16-4-3-7-22-19(16)21(25)28/h3-7,12H,8-11,13H2,1-2H3. The van der Waals surface area contributed by atoms with Crippen LogP contribution in [-0.2, 0) is 4.79 Å². The summed E-state index contributed by atoms with van der Waals surface area (Å²) in [6.45, 7) is 6.49. The summed E-state index contributed by atoms with van der Waals surface area (Å²) in [4.78, 5) is 46.5. The van der Waals surface area contributed by atoms with Crippen molar-refractivity contribution in [3.8, 4) is 0 Å². The topological polar surface area (TPSA) is 73.8 Å². The minimum Gasteiger partial charge on any atom is -0.368 e. The molecule has 1 saturated heterocycles. The number of benzene rings is 1. The van der Waals surface area contributed by atoms with E-state index in [0.717, 1.165) is 18.0 Å². The van der Waals surface area contributed by atoms with Crippen molar-refractivity contribution >= 4 is 23.4 Å². The van der Waals surface area contributed by atoms with Gasteiger partial charge in [0.1, 0.15) is 12.2 Å². The lowest BCUT2D eigenvalue weighted by atomic mass is 10.1. The number of nitrogens with zero attached hydrogens (tertiary/aromatic N) is 4. The molecule has 0 radical (unpaired) electrons. The molecule has 1 fully saturated rings. The van der Waals surface area contributed by atoms with Crippen LogP contribution in [0.15, 0.2) is 36.5 Å². The van der Waals surface area contributed by atoms with Crippen LogP contribution < -0.4 is 4.90 Å². The highest BCUT2D eigenvalue weighted by atomic mass is 16.2. The van der Waals surface area contributed by atoms with Gasteiger partial charge in [0.15, 0.2) is 0 Å². The maximum atomic E-state index is 12.7. The second kappa shape index (κ2) is 7.07. The van der Waals surface area contributed by atoms with Gasteiger partial charge in [-0.3, -0.25) is 24.3 Å². The van der Waals surface area contributed by atoms with Gasteiger partial charge in [-0.25, -0.2) is 0 Å². The quantitative estimate of drug-likeness (QED) is 0.759. The first kappa shape index (κ1) is 18.2. The van der Waals surface area contributed by atoms with Gasteiger partial charge in [-0.2, -0.15) is 0 Å². The van der Waals surface area contributed by atoms with E-state index in [1.807, 2.05) is 0 Å². The van der Waals surface area contributed by atoms with Gasteiger partial charge in [-0.05, 0) is 43.2 Å². The minimum absolute atomic E-state index is 0.125. The number of hydrogen-bond acceptors (Lipinski definition) is 5. The lowest BCUT2D eigenvalue weighted by Gasteiger charge is -2.37. The van der Waals surface area contributed by atoms with Crippen molar-refractivity contribution in [1.29, 1.82) is 0 Å². The van der Waals surface area contributed by atoms with Crippen LogP contribution in [0.4, 0.5) is 5.69 Å². The molecule has 7 heteroatoms. The van der Waals surface area contributed by atoms with E-state index in [-0.39, 0.29) is 23.7 Å². The summed E-state index contributed by atoms with van der Waals surface area (Å²) in [5, 5.41) is 0. The molecule has 144 valence electrons. The van der Waals surface area contributed by atoms with Crippen molar-refractivity contribution in [2.45, 2.75) is 13.8 Å². The summed E-state index contributed by atoms with van der Waals surface area (Å²) < 4.78 is 0. The normalized spacial score (nSPS) is 16.6. The maximum absolute atomic E-state index is 12.7. The summed E-state index contributed by atoms with van der Waals surface area (Å²) >= 11 is 0. The van der Waals surface area contributed by atoms with Gasteiger partial charge in [0, 0.05) is 38.1 Å². The molecule has 0 N–H and O–H groups in total. The van der Waals surface area contributed by atoms with E-state index in [1.54, 1.807) is 17.0 Å². The van der Waals surface area contributed by atoms with Crippen molar-refractivity contribution in [1.82, 2.24) is 14.8 Å². The summed E-state index contributed by atoms with van der Waals surface area (Å²) in [5.74, 6) is -1.16. The number of amides is 3. The van der Waals surface area contributed by atoms with Crippen LogP contribution in [0.25, 0.3) is 0 Å². The van der Waals surface area contributed by atoms with Gasteiger partial charge in [0.2, 0.25) is 5.91 Å². The van der Waals surface area contributed by atoms with Gasteiger partial charge in [0.05, 0.1) is 5.56 Å². The van der Waals surface area contributed by atoms with Crippen LogP contribution in [0.2, 0.25) is 0 Å². The number of aromatic nitrogens is 1. The molecular formula is C21H22N4O3. The minimum atomic E-state index is -0.497. The fourth-order valence-corrected chi connectivity index (χ4v) is 3.75. The predicted octanol–water partition coefficient (Wildman–Crippen LogP) is 1.64. The van der Waals surface area contributed by atoms with Gasteiger partial charge < -0.3 is 9.80 Å². The van der Waals surface area contributed by atoms with Gasteiger partial charge in [-0.1, -0.05) is 12.1 Å². The number of aryl methyl sites for hydroxylation is 2. The SMILES string of the molecule is Cc1ccc(C)c(N2CCN(C(=O)CN3C(=O)c4cccnc4C3=O)CC2)c1. The molecule has 0 spiro atoms. The molecule has 0 saturated carbocycles. The van der Waals surface area contributed by atoms with E-state index < -0.39 is 11.8 Å². The van der Waals surface area contributed by atoms with E-state index in [1.165, 1.54) is 23.0 Å². The summed E-state index contributed by atoms with van der Waals surface area (Å²) in [6.07, 6.45) is 1.47. The molecule has 7 nitrogen and oxygen atoms in total. The molecule has 3 heterocycles. The zero-order chi connectivity index (χ0) is 19.8. The van der Waals surface area contributed by atoms with Crippen molar-refractivity contribution in [3.63, 3.8) is 0 Å². The second-order valence-electron chi connectivity index (χ2n) is 7.25. The first-order chi connectivity index (χ1) is 13.5. The van der Waals surface area contributed by atoms with Crippen LogP contribution in [0, 0.1) is 13.8 Å². The molecule has 0 bridgehead atoms. The van der Waals surface area contributed by atoms with E-state index in [9.17, 15) is 14.4 Å². The average molecular weight is 378 g/mol. The number of carbonyl (C=O) groups excluding carboxylic acids is 3. The Morgan fingerprint density at radius 2 is 1.79 bits per heavy atom. The van der Waals surface area contributed by atoms with Crippen molar-refractivity contribution in [2.24, 2.45) is 0 Å². The number of anilines is 1. The highest BCUT2D eigenvalue weighted by Crippen LogP contribution is 2.24. The molecule has 3 amide bonds. The molecule has 1 aromatic heterocycles. The number of carbonyl (C=O) groups is 3. The molecule has 2 aliphatic heterocycles.